The van der Waals surface area contributed by atoms with Gasteiger partial charge in [0.05, 0.1) is 0 Å². The fraction of sp³-hybridized carbons (Fsp3) is 0.100. The molecule has 0 atom stereocenters. The molecule has 21 heavy (non-hydrogen) atoms. The fourth-order valence-electron chi connectivity index (χ4n) is 2.70. The highest BCUT2D eigenvalue weighted by molar-refractivity contribution is 5.76. The van der Waals surface area contributed by atoms with E-state index in [2.05, 4.69) is 54.5 Å². The molecule has 3 rings (SSSR count). The van der Waals surface area contributed by atoms with Gasteiger partial charge >= 0.3 is 0 Å². The summed E-state index contributed by atoms with van der Waals surface area (Å²) in [5.41, 5.74) is 7.13. The molecule has 0 aliphatic heterocycles. The molecule has 0 radical (unpaired) electrons. The molecule has 0 saturated heterocycles. The molecule has 0 bridgehead atoms. The van der Waals surface area contributed by atoms with E-state index in [1.165, 1.54) is 27.8 Å². The third-order valence-corrected chi connectivity index (χ3v) is 3.69. The van der Waals surface area contributed by atoms with Crippen LogP contribution < -0.4 is 0 Å². The number of aryl methyl sites for hydroxylation is 2. The number of phenolic OH excluding ortho intramolecular Hbond substituents is 1. The van der Waals surface area contributed by atoms with Crippen molar-refractivity contribution in [3.05, 3.63) is 77.9 Å². The van der Waals surface area contributed by atoms with Crippen LogP contribution in [0.2, 0.25) is 0 Å². The predicted octanol–water partition coefficient (Wildman–Crippen LogP) is 5.34. The molecule has 0 heterocycles. The van der Waals surface area contributed by atoms with E-state index in [1.807, 2.05) is 31.2 Å². The zero-order valence-electron chi connectivity index (χ0n) is 13.3. The van der Waals surface area contributed by atoms with Gasteiger partial charge in [-0.15, -0.1) is 0 Å². The monoisotopic (exact) mass is 275 g/mol. The summed E-state index contributed by atoms with van der Waals surface area (Å²) in [7, 11) is 0. The maximum atomic E-state index is 7.00. The first-order chi connectivity index (χ1) is 10.7. The zero-order valence-corrected chi connectivity index (χ0v) is 12.3. The Balaban J connectivity index is 2.10. The highest BCUT2D eigenvalue weighted by Gasteiger charge is 2.06. The van der Waals surface area contributed by atoms with E-state index in [4.69, 9.17) is 1.43 Å². The van der Waals surface area contributed by atoms with E-state index in [0.717, 1.165) is 5.56 Å². The van der Waals surface area contributed by atoms with Crippen LogP contribution >= 0.6 is 0 Å². The molecular weight excluding hydrogens is 256 g/mol. The molecule has 3 aromatic carbocycles. The van der Waals surface area contributed by atoms with Crippen LogP contribution in [0.25, 0.3) is 22.3 Å². The maximum Gasteiger partial charge on any atom is 0.293 e. The van der Waals surface area contributed by atoms with Crippen LogP contribution in [0.1, 0.15) is 11.1 Å². The van der Waals surface area contributed by atoms with Crippen LogP contribution in [-0.4, -0.2) is 6.54 Å². The molecule has 1 N–H and O–H groups in total. The van der Waals surface area contributed by atoms with Crippen LogP contribution in [0.3, 0.4) is 0 Å². The highest BCUT2D eigenvalue weighted by Crippen LogP contribution is 2.31. The molecule has 0 aliphatic carbocycles. The number of benzene rings is 3. The van der Waals surface area contributed by atoms with Gasteiger partial charge in [-0.2, -0.15) is 0 Å². The lowest BCUT2D eigenvalue weighted by Crippen LogP contribution is -1.87. The average molecular weight is 275 g/mol. The number of hydrogen-bond donors (Lipinski definition) is 1. The lowest BCUT2D eigenvalue weighted by atomic mass is 9.94. The molecule has 0 saturated carbocycles. The standard InChI is InChI=1S/C20H18O/c1-14-10-17(16-6-4-3-5-7-16)13-18(11-14)20-9-8-19(21)12-15(20)2/h3-13,21H,1-2H3/i/hD. The van der Waals surface area contributed by atoms with E-state index < -0.39 is 0 Å². The van der Waals surface area contributed by atoms with E-state index in [9.17, 15) is 0 Å². The summed E-state index contributed by atoms with van der Waals surface area (Å²) in [6, 6.07) is 22.8. The van der Waals surface area contributed by atoms with E-state index in [-0.39, 0.29) is 0 Å². The average Bonchev–Trinajstić information content (AvgIpc) is 2.55. The molecule has 0 aliphatic rings. The molecule has 0 aromatic heterocycles. The molecule has 0 amide bonds. The Kier molecular flexibility index (Phi) is 3.17. The van der Waals surface area contributed by atoms with Gasteiger partial charge in [0.15, 0.2) is 0 Å². The molecule has 3 aromatic rings. The number of hydrogen-bond acceptors (Lipinski definition) is 1. The summed E-state index contributed by atoms with van der Waals surface area (Å²) < 4.78 is 7.00. The smallest absolute Gasteiger partial charge is 0.293 e. The molecule has 0 unspecified atom stereocenters. The van der Waals surface area contributed by atoms with Crippen LogP contribution in [0.15, 0.2) is 66.7 Å². The molecule has 0 spiro atoms. The van der Waals surface area contributed by atoms with Crippen molar-refractivity contribution in [2.45, 2.75) is 13.8 Å². The Morgan fingerprint density at radius 1 is 0.762 bits per heavy atom. The maximum absolute atomic E-state index is 7.00. The highest BCUT2D eigenvalue weighted by atomic mass is 16.3. The van der Waals surface area contributed by atoms with Gasteiger partial charge in [0, 0.05) is 0 Å². The number of rotatable bonds is 3. The van der Waals surface area contributed by atoms with Crippen molar-refractivity contribution in [2.75, 3.05) is 0 Å². The van der Waals surface area contributed by atoms with Crippen molar-refractivity contribution in [3.8, 4) is 28.0 Å². The van der Waals surface area contributed by atoms with Crippen molar-refractivity contribution in [3.63, 3.8) is 0 Å². The minimum Gasteiger partial charge on any atom is -0.508 e. The quantitative estimate of drug-likeness (QED) is 0.683. The summed E-state index contributed by atoms with van der Waals surface area (Å²) >= 11 is 0. The van der Waals surface area contributed by atoms with Gasteiger partial charge in [-0.1, -0.05) is 48.5 Å². The summed E-state index contributed by atoms with van der Waals surface area (Å²) in [4.78, 5) is 0. The van der Waals surface area contributed by atoms with Crippen LogP contribution in [-0.2, 0) is 0 Å². The first-order valence-corrected chi connectivity index (χ1v) is 7.08. The van der Waals surface area contributed by atoms with Gasteiger partial charge < -0.3 is 5.11 Å². The Labute approximate surface area is 127 Å². The van der Waals surface area contributed by atoms with Crippen molar-refractivity contribution in [2.24, 2.45) is 0 Å². The third kappa shape index (κ3) is 2.82. The Hall–Kier alpha value is -2.54. The van der Waals surface area contributed by atoms with E-state index >= 15 is 0 Å². The normalized spacial score (nSPS) is 11.0. The Morgan fingerprint density at radius 2 is 1.52 bits per heavy atom. The summed E-state index contributed by atoms with van der Waals surface area (Å²) in [5, 5.41) is 4.55. The van der Waals surface area contributed by atoms with Crippen molar-refractivity contribution >= 4 is 0 Å². The predicted molar refractivity (Wildman–Crippen MR) is 88.5 cm³/mol. The van der Waals surface area contributed by atoms with Crippen LogP contribution in [0, 0.1) is 13.8 Å². The van der Waals surface area contributed by atoms with E-state index in [1.54, 1.807) is 0 Å². The molecule has 0 fully saturated rings. The molecular formula is C20H18O. The van der Waals surface area contributed by atoms with Crippen LogP contribution in [0.4, 0.5) is 0 Å². The van der Waals surface area contributed by atoms with Crippen LogP contribution in [0.5, 0.6) is 5.75 Å². The Bertz CT molecular complexity index is 794. The topological polar surface area (TPSA) is 20.2 Å². The largest absolute Gasteiger partial charge is 0.508 e. The molecule has 104 valence electrons. The van der Waals surface area contributed by atoms with Gasteiger partial charge in [0.25, 0.3) is 1.43 Å². The first kappa shape index (κ1) is 12.2. The second-order valence-corrected chi connectivity index (χ2v) is 5.43. The van der Waals surface area contributed by atoms with Gasteiger partial charge in [-0.25, -0.2) is 0 Å². The lowest BCUT2D eigenvalue weighted by Gasteiger charge is -2.11. The van der Waals surface area contributed by atoms with Gasteiger partial charge in [0.2, 0.25) is 0 Å². The van der Waals surface area contributed by atoms with Crippen molar-refractivity contribution < 1.29 is 5.11 Å². The molecule has 1 nitrogen and oxygen atoms in total. The second kappa shape index (κ2) is 5.45. The van der Waals surface area contributed by atoms with Gasteiger partial charge in [0.1, 0.15) is 5.75 Å². The minimum absolute atomic E-state index is 0.567. The summed E-state index contributed by atoms with van der Waals surface area (Å²) in [6.45, 7) is 4.16. The third-order valence-electron chi connectivity index (χ3n) is 3.69. The zero-order chi connectivity index (χ0) is 15.5. The SMILES string of the molecule is [2H]Oc1ccc(-c2cc(C)cc(-c3ccccc3)c2)c(C)c1. The number of aromatic hydroxyl groups is 1. The minimum atomic E-state index is 0.567. The second-order valence-electron chi connectivity index (χ2n) is 5.43. The number of phenols is 1. The van der Waals surface area contributed by atoms with Gasteiger partial charge in [-0.3, -0.25) is 0 Å². The van der Waals surface area contributed by atoms with E-state index in [0.29, 0.717) is 5.75 Å². The first-order valence-electron chi connectivity index (χ1n) is 7.49. The summed E-state index contributed by atoms with van der Waals surface area (Å²) in [5.74, 6) is 0.567. The Morgan fingerprint density at radius 3 is 2.24 bits per heavy atom. The molecule has 1 heteroatoms. The van der Waals surface area contributed by atoms with Gasteiger partial charge in [-0.05, 0) is 65.4 Å². The fourth-order valence-corrected chi connectivity index (χ4v) is 2.70. The van der Waals surface area contributed by atoms with Crippen molar-refractivity contribution in [1.29, 1.82) is 1.43 Å². The lowest BCUT2D eigenvalue weighted by molar-refractivity contribution is 0.475. The van der Waals surface area contributed by atoms with Crippen molar-refractivity contribution in [1.82, 2.24) is 0 Å². The summed E-state index contributed by atoms with van der Waals surface area (Å²) in [6.07, 6.45) is 0.